The van der Waals surface area contributed by atoms with Crippen molar-refractivity contribution in [2.24, 2.45) is 11.8 Å². The number of carbonyl (C=O) groups excluding carboxylic acids is 2. The highest BCUT2D eigenvalue weighted by Crippen LogP contribution is 2.27. The molecule has 0 unspecified atom stereocenters. The van der Waals surface area contributed by atoms with Crippen molar-refractivity contribution in [2.45, 2.75) is 19.0 Å². The summed E-state index contributed by atoms with van der Waals surface area (Å²) in [7, 11) is 0. The zero-order valence-electron chi connectivity index (χ0n) is 11.1. The summed E-state index contributed by atoms with van der Waals surface area (Å²) < 4.78 is 36.9. The minimum absolute atomic E-state index is 0.0537. The van der Waals surface area contributed by atoms with Crippen LogP contribution < -0.4 is 0 Å². The SMILES string of the molecule is O=C(O)[C@@H]1CCN(C(=O)[C@H]2CC(=O)N(CC(F)(F)F)C2)C1. The van der Waals surface area contributed by atoms with Gasteiger partial charge < -0.3 is 14.9 Å². The van der Waals surface area contributed by atoms with Crippen molar-refractivity contribution in [1.82, 2.24) is 9.80 Å². The minimum atomic E-state index is -4.49. The van der Waals surface area contributed by atoms with Crippen molar-refractivity contribution in [3.63, 3.8) is 0 Å². The highest BCUT2D eigenvalue weighted by Gasteiger charge is 2.43. The van der Waals surface area contributed by atoms with Crippen molar-refractivity contribution in [3.05, 3.63) is 0 Å². The van der Waals surface area contributed by atoms with Crippen LogP contribution in [0.3, 0.4) is 0 Å². The van der Waals surface area contributed by atoms with Gasteiger partial charge in [-0.1, -0.05) is 0 Å². The van der Waals surface area contributed by atoms with Gasteiger partial charge >= 0.3 is 12.1 Å². The summed E-state index contributed by atoms with van der Waals surface area (Å²) in [6, 6.07) is 0. The van der Waals surface area contributed by atoms with Crippen LogP contribution in [0.2, 0.25) is 0 Å². The predicted molar refractivity (Wildman–Crippen MR) is 63.1 cm³/mol. The van der Waals surface area contributed by atoms with E-state index >= 15 is 0 Å². The van der Waals surface area contributed by atoms with Crippen LogP contribution in [0.5, 0.6) is 0 Å². The van der Waals surface area contributed by atoms with Crippen molar-refractivity contribution in [3.8, 4) is 0 Å². The molecule has 0 aromatic heterocycles. The van der Waals surface area contributed by atoms with E-state index in [0.717, 1.165) is 0 Å². The Morgan fingerprint density at radius 2 is 1.90 bits per heavy atom. The van der Waals surface area contributed by atoms with Crippen molar-refractivity contribution >= 4 is 17.8 Å². The summed E-state index contributed by atoms with van der Waals surface area (Å²) in [4.78, 5) is 36.4. The molecule has 2 aliphatic rings. The number of amides is 2. The molecule has 1 N–H and O–H groups in total. The largest absolute Gasteiger partial charge is 0.481 e. The smallest absolute Gasteiger partial charge is 0.406 e. The lowest BCUT2D eigenvalue weighted by Gasteiger charge is -2.21. The monoisotopic (exact) mass is 308 g/mol. The number of aliphatic carboxylic acids is 1. The number of hydrogen-bond donors (Lipinski definition) is 1. The van der Waals surface area contributed by atoms with Crippen LogP contribution in [0.25, 0.3) is 0 Å². The molecule has 118 valence electrons. The lowest BCUT2D eigenvalue weighted by Crippen LogP contribution is -2.38. The molecule has 2 fully saturated rings. The molecule has 6 nitrogen and oxygen atoms in total. The zero-order chi connectivity index (χ0) is 15.8. The van der Waals surface area contributed by atoms with Crippen molar-refractivity contribution in [1.29, 1.82) is 0 Å². The Balaban J connectivity index is 1.93. The Morgan fingerprint density at radius 1 is 1.24 bits per heavy atom. The normalized spacial score (nSPS) is 26.5. The van der Waals surface area contributed by atoms with Gasteiger partial charge in [-0.05, 0) is 6.42 Å². The van der Waals surface area contributed by atoms with Crippen molar-refractivity contribution < 1.29 is 32.7 Å². The van der Waals surface area contributed by atoms with Crippen molar-refractivity contribution in [2.75, 3.05) is 26.2 Å². The van der Waals surface area contributed by atoms with Crippen LogP contribution in [0.4, 0.5) is 13.2 Å². The summed E-state index contributed by atoms with van der Waals surface area (Å²) in [5, 5.41) is 8.86. The van der Waals surface area contributed by atoms with Gasteiger partial charge in [-0.2, -0.15) is 13.2 Å². The van der Waals surface area contributed by atoms with E-state index in [4.69, 9.17) is 5.11 Å². The van der Waals surface area contributed by atoms with Gasteiger partial charge in [0, 0.05) is 26.1 Å². The predicted octanol–water partition coefficient (Wildman–Crippen LogP) is 0.330. The van der Waals surface area contributed by atoms with Crippen LogP contribution in [-0.2, 0) is 14.4 Å². The Hall–Kier alpha value is -1.80. The maximum absolute atomic E-state index is 12.3. The number of carboxylic acid groups (broad SMARTS) is 1. The second-order valence-corrected chi connectivity index (χ2v) is 5.40. The number of carboxylic acids is 1. The second-order valence-electron chi connectivity index (χ2n) is 5.40. The molecule has 0 saturated carbocycles. The molecule has 2 aliphatic heterocycles. The molecule has 2 heterocycles. The van der Waals surface area contributed by atoms with Crippen LogP contribution >= 0.6 is 0 Å². The molecule has 0 aromatic carbocycles. The number of rotatable bonds is 3. The van der Waals surface area contributed by atoms with E-state index in [1.165, 1.54) is 4.90 Å². The number of hydrogen-bond acceptors (Lipinski definition) is 3. The summed E-state index contributed by atoms with van der Waals surface area (Å²) in [5.74, 6) is -3.58. The highest BCUT2D eigenvalue weighted by molar-refractivity contribution is 5.89. The number of likely N-dealkylation sites (tertiary alicyclic amines) is 2. The van der Waals surface area contributed by atoms with E-state index in [0.29, 0.717) is 11.3 Å². The molecule has 2 atom stereocenters. The Morgan fingerprint density at radius 3 is 2.43 bits per heavy atom. The maximum Gasteiger partial charge on any atom is 0.406 e. The van der Waals surface area contributed by atoms with Gasteiger partial charge in [-0.25, -0.2) is 0 Å². The van der Waals surface area contributed by atoms with Crippen LogP contribution in [-0.4, -0.2) is 65.0 Å². The fourth-order valence-electron chi connectivity index (χ4n) is 2.73. The average Bonchev–Trinajstić information content (AvgIpc) is 2.94. The molecule has 0 spiro atoms. The van der Waals surface area contributed by atoms with Gasteiger partial charge in [0.2, 0.25) is 11.8 Å². The van der Waals surface area contributed by atoms with Gasteiger partial charge in [0.25, 0.3) is 0 Å². The van der Waals surface area contributed by atoms with Gasteiger partial charge in [0.05, 0.1) is 11.8 Å². The Kier molecular flexibility index (Phi) is 4.11. The first kappa shape index (κ1) is 15.6. The fraction of sp³-hybridized carbons (Fsp3) is 0.750. The lowest BCUT2D eigenvalue weighted by atomic mass is 10.1. The summed E-state index contributed by atoms with van der Waals surface area (Å²) in [6.07, 6.45) is -4.41. The van der Waals surface area contributed by atoms with Gasteiger partial charge in [0.1, 0.15) is 6.54 Å². The number of alkyl halides is 3. The third kappa shape index (κ3) is 3.64. The lowest BCUT2D eigenvalue weighted by molar-refractivity contribution is -0.157. The highest BCUT2D eigenvalue weighted by atomic mass is 19.4. The second kappa shape index (κ2) is 5.53. The molecule has 0 aromatic rings. The van der Waals surface area contributed by atoms with Gasteiger partial charge in [0.15, 0.2) is 0 Å². The topological polar surface area (TPSA) is 77.9 Å². The fourth-order valence-corrected chi connectivity index (χ4v) is 2.73. The number of carbonyl (C=O) groups is 3. The molecule has 2 amide bonds. The van der Waals surface area contributed by atoms with E-state index in [-0.39, 0.29) is 26.1 Å². The van der Waals surface area contributed by atoms with E-state index in [9.17, 15) is 27.6 Å². The first-order valence-corrected chi connectivity index (χ1v) is 6.53. The maximum atomic E-state index is 12.3. The summed E-state index contributed by atoms with van der Waals surface area (Å²) in [6.45, 7) is -1.29. The standard InChI is InChI=1S/C12H15F3N2O4/c13-12(14,15)6-17-5-8(3-9(17)18)10(19)16-2-1-7(4-16)11(20)21/h7-8H,1-6H2,(H,20,21)/t7-,8+/m1/s1. The summed E-state index contributed by atoms with van der Waals surface area (Å²) >= 11 is 0. The van der Waals surface area contributed by atoms with Crippen LogP contribution in [0, 0.1) is 11.8 Å². The molecule has 2 rings (SSSR count). The molecule has 0 aliphatic carbocycles. The molecule has 21 heavy (non-hydrogen) atoms. The van der Waals surface area contributed by atoms with E-state index in [1.807, 2.05) is 0 Å². The minimum Gasteiger partial charge on any atom is -0.481 e. The first-order chi connectivity index (χ1) is 9.67. The summed E-state index contributed by atoms with van der Waals surface area (Å²) in [5.41, 5.74) is 0. The molecule has 2 saturated heterocycles. The van der Waals surface area contributed by atoms with E-state index in [2.05, 4.69) is 0 Å². The van der Waals surface area contributed by atoms with E-state index in [1.54, 1.807) is 0 Å². The molecule has 0 radical (unpaired) electrons. The quantitative estimate of drug-likeness (QED) is 0.815. The Bertz CT molecular complexity index is 466. The number of nitrogens with zero attached hydrogens (tertiary/aromatic N) is 2. The van der Waals surface area contributed by atoms with Crippen LogP contribution in [0.15, 0.2) is 0 Å². The van der Waals surface area contributed by atoms with Crippen LogP contribution in [0.1, 0.15) is 12.8 Å². The van der Waals surface area contributed by atoms with Gasteiger partial charge in [-0.15, -0.1) is 0 Å². The third-order valence-corrected chi connectivity index (χ3v) is 3.78. The zero-order valence-corrected chi connectivity index (χ0v) is 11.1. The molecule has 0 bridgehead atoms. The molecular formula is C12H15F3N2O4. The number of halogens is 3. The first-order valence-electron chi connectivity index (χ1n) is 6.53. The molecular weight excluding hydrogens is 293 g/mol. The van der Waals surface area contributed by atoms with Gasteiger partial charge in [-0.3, -0.25) is 14.4 Å². The van der Waals surface area contributed by atoms with E-state index < -0.39 is 42.3 Å². The Labute approximate surface area is 118 Å². The average molecular weight is 308 g/mol. The third-order valence-electron chi connectivity index (χ3n) is 3.78. The molecule has 9 heteroatoms.